The maximum Gasteiger partial charge on any atom is 0.0563 e. The molecule has 0 aromatic heterocycles. The predicted molar refractivity (Wildman–Crippen MR) is 71.0 cm³/mol. The van der Waals surface area contributed by atoms with Gasteiger partial charge in [-0.05, 0) is 19.0 Å². The van der Waals surface area contributed by atoms with Crippen molar-refractivity contribution >= 4 is 0 Å². The molecule has 1 N–H and O–H groups in total. The fraction of sp³-hybridized carbons (Fsp3) is 0.692. The first-order valence-corrected chi connectivity index (χ1v) is 6.50. The molecule has 2 heterocycles. The molecule has 4 nitrogen and oxygen atoms in total. The Bertz CT molecular complexity index is 301. The molecule has 0 atom stereocenters. The van der Waals surface area contributed by atoms with Gasteiger partial charge in [0.2, 0.25) is 0 Å². The van der Waals surface area contributed by atoms with E-state index in [1.165, 1.54) is 5.70 Å². The number of allylic oxidation sites excluding steroid dienone is 1. The first kappa shape index (κ1) is 12.3. The van der Waals surface area contributed by atoms with E-state index in [9.17, 15) is 0 Å². The van der Waals surface area contributed by atoms with Gasteiger partial charge in [0.05, 0.1) is 5.70 Å². The maximum atomic E-state index is 3.27. The van der Waals surface area contributed by atoms with Gasteiger partial charge in [-0.2, -0.15) is 0 Å². The minimum atomic E-state index is 0.666. The Kier molecular flexibility index (Phi) is 3.94. The minimum Gasteiger partial charge on any atom is -0.368 e. The lowest BCUT2D eigenvalue weighted by molar-refractivity contribution is 0.181. The lowest BCUT2D eigenvalue weighted by Gasteiger charge is -2.37. The van der Waals surface area contributed by atoms with Crippen LogP contribution in [0.1, 0.15) is 13.8 Å². The zero-order chi connectivity index (χ0) is 12.3. The third kappa shape index (κ3) is 3.40. The smallest absolute Gasteiger partial charge is 0.0563 e. The summed E-state index contributed by atoms with van der Waals surface area (Å²) in [5.74, 6) is 0.666. The Labute approximate surface area is 105 Å². The molecule has 0 amide bonds. The fourth-order valence-corrected chi connectivity index (χ4v) is 2.21. The van der Waals surface area contributed by atoms with Gasteiger partial charge in [0.25, 0.3) is 0 Å². The van der Waals surface area contributed by atoms with Gasteiger partial charge in [-0.3, -0.25) is 5.01 Å². The van der Waals surface area contributed by atoms with Crippen molar-refractivity contribution < 1.29 is 0 Å². The SMILES string of the molecule is CC(C)CN1C=C(N2CCN(C)CC2)C=CN1. The van der Waals surface area contributed by atoms with Crippen LogP contribution >= 0.6 is 0 Å². The third-order valence-corrected chi connectivity index (χ3v) is 3.21. The summed E-state index contributed by atoms with van der Waals surface area (Å²) < 4.78 is 0. The molecule has 0 spiro atoms. The van der Waals surface area contributed by atoms with E-state index in [0.29, 0.717) is 5.92 Å². The van der Waals surface area contributed by atoms with Gasteiger partial charge in [-0.15, -0.1) is 0 Å². The molecule has 0 aromatic rings. The largest absolute Gasteiger partial charge is 0.368 e. The fourth-order valence-electron chi connectivity index (χ4n) is 2.21. The molecule has 1 saturated heterocycles. The van der Waals surface area contributed by atoms with Crippen molar-refractivity contribution in [3.8, 4) is 0 Å². The summed E-state index contributed by atoms with van der Waals surface area (Å²) in [6.07, 6.45) is 6.43. The molecule has 0 aromatic carbocycles. The highest BCUT2D eigenvalue weighted by molar-refractivity contribution is 5.19. The van der Waals surface area contributed by atoms with E-state index in [1.807, 2.05) is 6.20 Å². The number of rotatable bonds is 3. The second kappa shape index (κ2) is 5.45. The van der Waals surface area contributed by atoms with Crippen LogP contribution in [0.2, 0.25) is 0 Å². The first-order chi connectivity index (χ1) is 8.15. The Morgan fingerprint density at radius 3 is 2.59 bits per heavy atom. The van der Waals surface area contributed by atoms with Crippen molar-refractivity contribution in [3.05, 3.63) is 24.2 Å². The number of likely N-dealkylation sites (N-methyl/N-ethyl adjacent to an activating group) is 1. The molecule has 2 aliphatic heterocycles. The quantitative estimate of drug-likeness (QED) is 0.791. The maximum absolute atomic E-state index is 3.27. The Hall–Kier alpha value is -1.16. The Balaban J connectivity index is 1.95. The summed E-state index contributed by atoms with van der Waals surface area (Å²) in [5, 5.41) is 2.18. The van der Waals surface area contributed by atoms with E-state index in [4.69, 9.17) is 0 Å². The van der Waals surface area contributed by atoms with Crippen molar-refractivity contribution in [1.29, 1.82) is 0 Å². The van der Waals surface area contributed by atoms with Crippen molar-refractivity contribution in [2.75, 3.05) is 39.8 Å². The molecule has 0 saturated carbocycles. The molecular formula is C13H24N4. The Morgan fingerprint density at radius 1 is 1.24 bits per heavy atom. The van der Waals surface area contributed by atoms with Crippen molar-refractivity contribution in [3.63, 3.8) is 0 Å². The summed E-state index contributed by atoms with van der Waals surface area (Å²) in [5.41, 5.74) is 4.60. The molecule has 2 aliphatic rings. The average Bonchev–Trinajstić information content (AvgIpc) is 2.29. The molecule has 96 valence electrons. The molecule has 0 aliphatic carbocycles. The number of nitrogens with zero attached hydrogens (tertiary/aromatic N) is 3. The molecule has 2 rings (SSSR count). The predicted octanol–water partition coefficient (Wildman–Crippen LogP) is 1.07. The summed E-state index contributed by atoms with van der Waals surface area (Å²) in [6, 6.07) is 0. The van der Waals surface area contributed by atoms with Crippen LogP contribution in [0.15, 0.2) is 24.2 Å². The second-order valence-corrected chi connectivity index (χ2v) is 5.35. The van der Waals surface area contributed by atoms with Crippen LogP contribution in [-0.4, -0.2) is 54.6 Å². The lowest BCUT2D eigenvalue weighted by atomic mass is 10.2. The van der Waals surface area contributed by atoms with Crippen LogP contribution in [0.25, 0.3) is 0 Å². The summed E-state index contributed by atoms with van der Waals surface area (Å²) in [7, 11) is 2.19. The molecule has 0 unspecified atom stereocenters. The van der Waals surface area contributed by atoms with Gasteiger partial charge in [-0.25, -0.2) is 0 Å². The van der Waals surface area contributed by atoms with Crippen LogP contribution in [0, 0.1) is 5.92 Å². The molecule has 0 radical (unpaired) electrons. The van der Waals surface area contributed by atoms with Crippen LogP contribution in [0.3, 0.4) is 0 Å². The van der Waals surface area contributed by atoms with Gasteiger partial charge in [0, 0.05) is 45.1 Å². The van der Waals surface area contributed by atoms with Crippen molar-refractivity contribution in [1.82, 2.24) is 20.2 Å². The van der Waals surface area contributed by atoms with E-state index < -0.39 is 0 Å². The monoisotopic (exact) mass is 236 g/mol. The highest BCUT2D eigenvalue weighted by Gasteiger charge is 2.17. The van der Waals surface area contributed by atoms with Crippen LogP contribution in [0.4, 0.5) is 0 Å². The normalized spacial score (nSPS) is 21.8. The zero-order valence-electron chi connectivity index (χ0n) is 11.2. The topological polar surface area (TPSA) is 21.8 Å². The highest BCUT2D eigenvalue weighted by atomic mass is 15.5. The lowest BCUT2D eigenvalue weighted by Crippen LogP contribution is -2.45. The number of nitrogens with one attached hydrogen (secondary N) is 1. The number of hydrogen-bond acceptors (Lipinski definition) is 4. The van der Waals surface area contributed by atoms with Crippen LogP contribution < -0.4 is 5.43 Å². The number of piperazine rings is 1. The van der Waals surface area contributed by atoms with Gasteiger partial charge < -0.3 is 15.2 Å². The van der Waals surface area contributed by atoms with E-state index in [-0.39, 0.29) is 0 Å². The van der Waals surface area contributed by atoms with E-state index >= 15 is 0 Å². The molecule has 17 heavy (non-hydrogen) atoms. The van der Waals surface area contributed by atoms with Gasteiger partial charge >= 0.3 is 0 Å². The second-order valence-electron chi connectivity index (χ2n) is 5.35. The summed E-state index contributed by atoms with van der Waals surface area (Å²) in [4.78, 5) is 4.85. The van der Waals surface area contributed by atoms with E-state index in [2.05, 4.69) is 53.4 Å². The standard InChI is InChI=1S/C13H24N4/c1-12(2)10-17-11-13(4-5-14-17)16-8-6-15(3)7-9-16/h4-5,11-12,14H,6-10H2,1-3H3. The summed E-state index contributed by atoms with van der Waals surface area (Å²) in [6.45, 7) is 10.1. The summed E-state index contributed by atoms with van der Waals surface area (Å²) >= 11 is 0. The third-order valence-electron chi connectivity index (χ3n) is 3.21. The van der Waals surface area contributed by atoms with Gasteiger partial charge in [0.15, 0.2) is 0 Å². The minimum absolute atomic E-state index is 0.666. The van der Waals surface area contributed by atoms with Gasteiger partial charge in [-0.1, -0.05) is 13.8 Å². The van der Waals surface area contributed by atoms with Crippen LogP contribution in [0.5, 0.6) is 0 Å². The molecule has 0 bridgehead atoms. The molecule has 4 heteroatoms. The van der Waals surface area contributed by atoms with Gasteiger partial charge in [0.1, 0.15) is 0 Å². The Morgan fingerprint density at radius 2 is 1.94 bits per heavy atom. The highest BCUT2D eigenvalue weighted by Crippen LogP contribution is 2.13. The number of hydrazine groups is 1. The molecule has 1 fully saturated rings. The zero-order valence-corrected chi connectivity index (χ0v) is 11.2. The number of hydrogen-bond donors (Lipinski definition) is 1. The molecular weight excluding hydrogens is 212 g/mol. The first-order valence-electron chi connectivity index (χ1n) is 6.50. The van der Waals surface area contributed by atoms with Crippen LogP contribution in [-0.2, 0) is 0 Å². The average molecular weight is 236 g/mol. The van der Waals surface area contributed by atoms with E-state index in [0.717, 1.165) is 32.7 Å². The van der Waals surface area contributed by atoms with E-state index in [1.54, 1.807) is 0 Å². The van der Waals surface area contributed by atoms with Crippen molar-refractivity contribution in [2.45, 2.75) is 13.8 Å². The van der Waals surface area contributed by atoms with Crippen molar-refractivity contribution in [2.24, 2.45) is 5.92 Å².